The number of carbonyl (C=O) groups excluding carboxylic acids is 1. The second kappa shape index (κ2) is 8.10. The van der Waals surface area contributed by atoms with Crippen LogP contribution in [-0.4, -0.2) is 37.4 Å². The summed E-state index contributed by atoms with van der Waals surface area (Å²) in [4.78, 5) is 14.6. The van der Waals surface area contributed by atoms with Crippen molar-refractivity contribution in [2.75, 3.05) is 31.8 Å². The summed E-state index contributed by atoms with van der Waals surface area (Å²) in [5.74, 6) is 2.20. The van der Waals surface area contributed by atoms with Crippen molar-refractivity contribution >= 4 is 35.1 Å². The van der Waals surface area contributed by atoms with E-state index >= 15 is 0 Å². The number of urea groups is 1. The third kappa shape index (κ3) is 3.86. The van der Waals surface area contributed by atoms with Gasteiger partial charge in [-0.05, 0) is 42.3 Å². The molecule has 1 aliphatic rings. The second-order valence-electron chi connectivity index (χ2n) is 5.93. The molecule has 1 saturated heterocycles. The zero-order valence-electron chi connectivity index (χ0n) is 14.9. The Kier molecular flexibility index (Phi) is 5.84. The van der Waals surface area contributed by atoms with Crippen molar-refractivity contribution in [3.05, 3.63) is 52.5 Å². The van der Waals surface area contributed by atoms with Gasteiger partial charge in [-0.3, -0.25) is 0 Å². The molecule has 1 unspecified atom stereocenters. The lowest BCUT2D eigenvalue weighted by molar-refractivity contribution is 0.214. The number of thioether (sulfide) groups is 1. The maximum atomic E-state index is 12.8. The van der Waals surface area contributed by atoms with Crippen molar-refractivity contribution in [1.82, 2.24) is 4.90 Å². The van der Waals surface area contributed by atoms with Crippen LogP contribution >= 0.6 is 23.4 Å². The minimum Gasteiger partial charge on any atom is -0.493 e. The van der Waals surface area contributed by atoms with E-state index in [1.807, 2.05) is 42.2 Å². The van der Waals surface area contributed by atoms with Gasteiger partial charge in [-0.2, -0.15) is 0 Å². The van der Waals surface area contributed by atoms with Crippen molar-refractivity contribution in [2.24, 2.45) is 0 Å². The Morgan fingerprint density at radius 3 is 2.65 bits per heavy atom. The molecular formula is C19H21ClN2O3S. The van der Waals surface area contributed by atoms with Gasteiger partial charge in [0.15, 0.2) is 11.5 Å². The van der Waals surface area contributed by atoms with Gasteiger partial charge in [-0.25, -0.2) is 4.79 Å². The van der Waals surface area contributed by atoms with Crippen LogP contribution in [0.2, 0.25) is 5.02 Å². The fraction of sp³-hybridized carbons (Fsp3) is 0.316. The topological polar surface area (TPSA) is 50.8 Å². The molecule has 3 rings (SSSR count). The zero-order chi connectivity index (χ0) is 18.7. The standard InChI is InChI=1S/C19H21ClN2O3S/c1-12-4-6-14(11-15(12)20)21-19(23)22-8-9-26-18(22)13-5-7-16(24-2)17(10-13)25-3/h4-7,10-11,18H,8-9H2,1-3H3,(H,21,23). The van der Waals surface area contributed by atoms with E-state index in [4.69, 9.17) is 21.1 Å². The van der Waals surface area contributed by atoms with E-state index in [0.717, 1.165) is 16.9 Å². The normalized spacial score (nSPS) is 16.5. The summed E-state index contributed by atoms with van der Waals surface area (Å²) >= 11 is 7.87. The van der Waals surface area contributed by atoms with Gasteiger partial charge in [-0.1, -0.05) is 23.7 Å². The van der Waals surface area contributed by atoms with Crippen molar-refractivity contribution in [3.63, 3.8) is 0 Å². The predicted octanol–water partition coefficient (Wildman–Crippen LogP) is 4.95. The number of amides is 2. The molecule has 7 heteroatoms. The summed E-state index contributed by atoms with van der Waals surface area (Å²) in [6.45, 7) is 2.60. The van der Waals surface area contributed by atoms with E-state index in [1.165, 1.54) is 0 Å². The first-order chi connectivity index (χ1) is 12.5. The molecule has 2 aromatic carbocycles. The molecule has 0 spiro atoms. The molecule has 138 valence electrons. The van der Waals surface area contributed by atoms with Gasteiger partial charge in [0.25, 0.3) is 0 Å². The van der Waals surface area contributed by atoms with Crippen LogP contribution in [0.15, 0.2) is 36.4 Å². The Balaban J connectivity index is 1.79. The number of aryl methyl sites for hydroxylation is 1. The summed E-state index contributed by atoms with van der Waals surface area (Å²) in [7, 11) is 3.21. The molecule has 1 N–H and O–H groups in total. The molecule has 1 fully saturated rings. The summed E-state index contributed by atoms with van der Waals surface area (Å²) in [6, 6.07) is 11.1. The number of nitrogens with one attached hydrogen (secondary N) is 1. The van der Waals surface area contributed by atoms with Gasteiger partial charge in [0, 0.05) is 23.0 Å². The van der Waals surface area contributed by atoms with Crippen LogP contribution in [0.4, 0.5) is 10.5 Å². The maximum Gasteiger partial charge on any atom is 0.323 e. The van der Waals surface area contributed by atoms with Crippen LogP contribution in [0.5, 0.6) is 11.5 Å². The van der Waals surface area contributed by atoms with Crippen molar-refractivity contribution in [3.8, 4) is 11.5 Å². The number of ether oxygens (including phenoxy) is 2. The highest BCUT2D eigenvalue weighted by molar-refractivity contribution is 7.99. The van der Waals surface area contributed by atoms with E-state index in [0.29, 0.717) is 28.8 Å². The zero-order valence-corrected chi connectivity index (χ0v) is 16.5. The number of rotatable bonds is 4. The lowest BCUT2D eigenvalue weighted by Gasteiger charge is -2.25. The smallest absolute Gasteiger partial charge is 0.323 e. The lowest BCUT2D eigenvalue weighted by Crippen LogP contribution is -2.34. The molecule has 0 bridgehead atoms. The number of carbonyl (C=O) groups is 1. The first-order valence-corrected chi connectivity index (χ1v) is 9.63. The molecule has 1 atom stereocenters. The lowest BCUT2D eigenvalue weighted by atomic mass is 10.2. The Morgan fingerprint density at radius 2 is 1.96 bits per heavy atom. The van der Waals surface area contributed by atoms with Gasteiger partial charge < -0.3 is 19.7 Å². The van der Waals surface area contributed by atoms with Gasteiger partial charge in [-0.15, -0.1) is 11.8 Å². The molecule has 5 nitrogen and oxygen atoms in total. The third-order valence-corrected chi connectivity index (χ3v) is 5.94. The third-order valence-electron chi connectivity index (χ3n) is 4.27. The first kappa shape index (κ1) is 18.7. The van der Waals surface area contributed by atoms with Crippen molar-refractivity contribution in [2.45, 2.75) is 12.3 Å². The molecule has 1 aliphatic heterocycles. The summed E-state index contributed by atoms with van der Waals surface area (Å²) in [5.41, 5.74) is 2.67. The predicted molar refractivity (Wildman–Crippen MR) is 107 cm³/mol. The molecule has 2 aromatic rings. The number of hydrogen-bond acceptors (Lipinski definition) is 4. The van der Waals surface area contributed by atoms with Gasteiger partial charge in [0.2, 0.25) is 0 Å². The van der Waals surface area contributed by atoms with Crippen molar-refractivity contribution in [1.29, 1.82) is 0 Å². The molecule has 1 heterocycles. The Hall–Kier alpha value is -2.05. The Labute approximate surface area is 162 Å². The fourth-order valence-electron chi connectivity index (χ4n) is 2.83. The van der Waals surface area contributed by atoms with E-state index in [-0.39, 0.29) is 11.4 Å². The molecular weight excluding hydrogens is 372 g/mol. The number of benzene rings is 2. The maximum absolute atomic E-state index is 12.8. The average Bonchev–Trinajstić information content (AvgIpc) is 3.14. The van der Waals surface area contributed by atoms with Crippen molar-refractivity contribution < 1.29 is 14.3 Å². The number of anilines is 1. The number of halogens is 1. The molecule has 0 radical (unpaired) electrons. The van der Waals surface area contributed by atoms with Crippen LogP contribution in [0.25, 0.3) is 0 Å². The second-order valence-corrected chi connectivity index (χ2v) is 7.52. The SMILES string of the molecule is COc1ccc(C2SCCN2C(=O)Nc2ccc(C)c(Cl)c2)cc1OC. The molecule has 26 heavy (non-hydrogen) atoms. The largest absolute Gasteiger partial charge is 0.493 e. The summed E-state index contributed by atoms with van der Waals surface area (Å²) in [6.07, 6.45) is 0. The Morgan fingerprint density at radius 1 is 1.19 bits per heavy atom. The van der Waals surface area contributed by atoms with Crippen LogP contribution in [0, 0.1) is 6.92 Å². The fourth-order valence-corrected chi connectivity index (χ4v) is 4.25. The minimum atomic E-state index is -0.144. The highest BCUT2D eigenvalue weighted by Crippen LogP contribution is 2.41. The van der Waals surface area contributed by atoms with Gasteiger partial charge in [0.1, 0.15) is 5.37 Å². The van der Waals surface area contributed by atoms with Gasteiger partial charge >= 0.3 is 6.03 Å². The quantitative estimate of drug-likeness (QED) is 0.800. The first-order valence-electron chi connectivity index (χ1n) is 8.21. The number of hydrogen-bond donors (Lipinski definition) is 1. The number of nitrogens with zero attached hydrogens (tertiary/aromatic N) is 1. The molecule has 0 aliphatic carbocycles. The monoisotopic (exact) mass is 392 g/mol. The molecule has 2 amide bonds. The minimum absolute atomic E-state index is 0.0734. The van der Waals surface area contributed by atoms with E-state index in [2.05, 4.69) is 5.32 Å². The van der Waals surface area contributed by atoms with Crippen LogP contribution in [0.1, 0.15) is 16.5 Å². The average molecular weight is 393 g/mol. The van der Waals surface area contributed by atoms with Crippen LogP contribution < -0.4 is 14.8 Å². The van der Waals surface area contributed by atoms with E-state index in [9.17, 15) is 4.79 Å². The molecule has 0 aromatic heterocycles. The molecule has 0 saturated carbocycles. The highest BCUT2D eigenvalue weighted by Gasteiger charge is 2.31. The highest BCUT2D eigenvalue weighted by atomic mass is 35.5. The summed E-state index contributed by atoms with van der Waals surface area (Å²) in [5, 5.41) is 3.50. The van der Waals surface area contributed by atoms with E-state index < -0.39 is 0 Å². The number of methoxy groups -OCH3 is 2. The van der Waals surface area contributed by atoms with Crippen LogP contribution in [0.3, 0.4) is 0 Å². The Bertz CT molecular complexity index is 815. The summed E-state index contributed by atoms with van der Waals surface area (Å²) < 4.78 is 10.7. The van der Waals surface area contributed by atoms with Gasteiger partial charge in [0.05, 0.1) is 14.2 Å². The van der Waals surface area contributed by atoms with Crippen LogP contribution in [-0.2, 0) is 0 Å². The van der Waals surface area contributed by atoms with E-state index in [1.54, 1.807) is 32.0 Å².